The molecule has 1 aliphatic carbocycles. The second-order valence-corrected chi connectivity index (χ2v) is 8.22. The molecule has 0 unspecified atom stereocenters. The number of likely N-dealkylation sites (N-methyl/N-ethyl adjacent to an activating group) is 1. The number of fused-ring (bicyclic) bond motifs is 1. The van der Waals surface area contributed by atoms with Crippen molar-refractivity contribution in [3.63, 3.8) is 0 Å². The first kappa shape index (κ1) is 20.4. The number of nitrogens with one attached hydrogen (secondary N) is 1. The molecule has 3 aromatic rings. The van der Waals surface area contributed by atoms with Gasteiger partial charge in [-0.05, 0) is 73.7 Å². The zero-order chi connectivity index (χ0) is 20.8. The third-order valence-corrected chi connectivity index (χ3v) is 6.13. The fourth-order valence-electron chi connectivity index (χ4n) is 4.26. The molecule has 4 rings (SSSR count). The van der Waals surface area contributed by atoms with E-state index in [-0.39, 0.29) is 5.91 Å². The fourth-order valence-corrected chi connectivity index (χ4v) is 4.26. The van der Waals surface area contributed by atoms with Crippen LogP contribution in [0.15, 0.2) is 78.9 Å². The Bertz CT molecular complexity index is 941. The van der Waals surface area contributed by atoms with E-state index in [0.29, 0.717) is 6.04 Å². The summed E-state index contributed by atoms with van der Waals surface area (Å²) < 4.78 is 0. The van der Waals surface area contributed by atoms with Gasteiger partial charge in [0.05, 0.1) is 0 Å². The molecule has 30 heavy (non-hydrogen) atoms. The van der Waals surface area contributed by atoms with Crippen molar-refractivity contribution < 1.29 is 4.79 Å². The standard InChI is InChI=1S/C27H30N2O/c1-29(26-19-24-11-5-6-12-25(24)20-26)18-8-7-17-28-27(30)23-15-13-22(14-16-23)21-9-3-2-4-10-21/h2-6,9-16,26H,7-8,17-20H2,1H3,(H,28,30). The Kier molecular flexibility index (Phi) is 6.60. The lowest BCUT2D eigenvalue weighted by atomic mass is 10.0. The van der Waals surface area contributed by atoms with Crippen molar-refractivity contribution >= 4 is 5.91 Å². The molecule has 1 N–H and O–H groups in total. The van der Waals surface area contributed by atoms with E-state index in [0.717, 1.165) is 49.9 Å². The maximum Gasteiger partial charge on any atom is 0.251 e. The Balaban J connectivity index is 1.17. The molecule has 3 aromatic carbocycles. The highest BCUT2D eigenvalue weighted by atomic mass is 16.1. The summed E-state index contributed by atoms with van der Waals surface area (Å²) >= 11 is 0. The summed E-state index contributed by atoms with van der Waals surface area (Å²) in [6.45, 7) is 1.79. The zero-order valence-corrected chi connectivity index (χ0v) is 17.7. The lowest BCUT2D eigenvalue weighted by Crippen LogP contribution is -2.33. The first-order chi connectivity index (χ1) is 14.7. The number of benzene rings is 3. The number of amides is 1. The average molecular weight is 399 g/mol. The molecular weight excluding hydrogens is 368 g/mol. The van der Waals surface area contributed by atoms with Crippen LogP contribution in [-0.2, 0) is 12.8 Å². The molecule has 0 aromatic heterocycles. The topological polar surface area (TPSA) is 32.3 Å². The maximum absolute atomic E-state index is 12.4. The van der Waals surface area contributed by atoms with E-state index in [4.69, 9.17) is 0 Å². The summed E-state index contributed by atoms with van der Waals surface area (Å²) in [5.74, 6) is 0.00853. The molecule has 0 saturated heterocycles. The Morgan fingerprint density at radius 1 is 0.833 bits per heavy atom. The second-order valence-electron chi connectivity index (χ2n) is 8.22. The molecule has 3 heteroatoms. The molecule has 0 bridgehead atoms. The number of unbranched alkanes of at least 4 members (excludes halogenated alkanes) is 1. The molecule has 0 heterocycles. The largest absolute Gasteiger partial charge is 0.352 e. The summed E-state index contributed by atoms with van der Waals surface area (Å²) in [6, 6.07) is 27.5. The molecule has 3 nitrogen and oxygen atoms in total. The fraction of sp³-hybridized carbons (Fsp3) is 0.296. The molecule has 1 amide bonds. The molecule has 0 spiro atoms. The minimum absolute atomic E-state index is 0.00853. The van der Waals surface area contributed by atoms with E-state index in [1.807, 2.05) is 42.5 Å². The predicted octanol–water partition coefficient (Wildman–Crippen LogP) is 4.96. The second kappa shape index (κ2) is 9.73. The van der Waals surface area contributed by atoms with Crippen molar-refractivity contribution in [2.45, 2.75) is 31.7 Å². The highest BCUT2D eigenvalue weighted by Crippen LogP contribution is 2.24. The summed E-state index contributed by atoms with van der Waals surface area (Å²) in [4.78, 5) is 14.9. The first-order valence-electron chi connectivity index (χ1n) is 10.9. The van der Waals surface area contributed by atoms with E-state index in [1.54, 1.807) is 0 Å². The quantitative estimate of drug-likeness (QED) is 0.544. The summed E-state index contributed by atoms with van der Waals surface area (Å²) in [7, 11) is 2.23. The van der Waals surface area contributed by atoms with Crippen molar-refractivity contribution in [1.82, 2.24) is 10.2 Å². The minimum Gasteiger partial charge on any atom is -0.352 e. The summed E-state index contributed by atoms with van der Waals surface area (Å²) in [5.41, 5.74) is 6.01. The van der Waals surface area contributed by atoms with Crippen LogP contribution in [0.1, 0.15) is 34.3 Å². The van der Waals surface area contributed by atoms with Gasteiger partial charge in [0, 0.05) is 18.2 Å². The molecule has 154 valence electrons. The van der Waals surface area contributed by atoms with Gasteiger partial charge in [-0.2, -0.15) is 0 Å². The zero-order valence-electron chi connectivity index (χ0n) is 17.7. The first-order valence-corrected chi connectivity index (χ1v) is 10.9. The molecule has 0 radical (unpaired) electrons. The Hall–Kier alpha value is -2.91. The lowest BCUT2D eigenvalue weighted by Gasteiger charge is -2.24. The van der Waals surface area contributed by atoms with Crippen LogP contribution in [0, 0.1) is 0 Å². The van der Waals surface area contributed by atoms with Crippen LogP contribution in [0.5, 0.6) is 0 Å². The van der Waals surface area contributed by atoms with Gasteiger partial charge in [-0.1, -0.05) is 66.7 Å². The summed E-state index contributed by atoms with van der Waals surface area (Å²) in [6.07, 6.45) is 4.40. The van der Waals surface area contributed by atoms with Gasteiger partial charge in [-0.15, -0.1) is 0 Å². The average Bonchev–Trinajstić information content (AvgIpc) is 3.24. The van der Waals surface area contributed by atoms with Crippen molar-refractivity contribution in [2.75, 3.05) is 20.1 Å². The van der Waals surface area contributed by atoms with Crippen molar-refractivity contribution in [3.05, 3.63) is 95.6 Å². The number of carbonyl (C=O) groups is 1. The monoisotopic (exact) mass is 398 g/mol. The van der Waals surface area contributed by atoms with Crippen molar-refractivity contribution in [1.29, 1.82) is 0 Å². The number of hydrogen-bond donors (Lipinski definition) is 1. The maximum atomic E-state index is 12.4. The Morgan fingerprint density at radius 2 is 1.43 bits per heavy atom. The van der Waals surface area contributed by atoms with Crippen LogP contribution < -0.4 is 5.32 Å². The van der Waals surface area contributed by atoms with Crippen LogP contribution in [-0.4, -0.2) is 37.0 Å². The Morgan fingerprint density at radius 3 is 2.10 bits per heavy atom. The molecule has 0 saturated carbocycles. The lowest BCUT2D eigenvalue weighted by molar-refractivity contribution is 0.0952. The molecule has 0 fully saturated rings. The van der Waals surface area contributed by atoms with E-state index in [2.05, 4.69) is 53.7 Å². The van der Waals surface area contributed by atoms with Crippen LogP contribution in [0.3, 0.4) is 0 Å². The highest BCUT2D eigenvalue weighted by Gasteiger charge is 2.23. The number of hydrogen-bond acceptors (Lipinski definition) is 2. The number of nitrogens with zero attached hydrogens (tertiary/aromatic N) is 1. The molecular formula is C27H30N2O. The third kappa shape index (κ3) is 4.98. The minimum atomic E-state index is 0.00853. The highest BCUT2D eigenvalue weighted by molar-refractivity contribution is 5.94. The van der Waals surface area contributed by atoms with Gasteiger partial charge in [0.15, 0.2) is 0 Å². The van der Waals surface area contributed by atoms with Crippen molar-refractivity contribution in [2.24, 2.45) is 0 Å². The molecule has 1 aliphatic rings. The third-order valence-electron chi connectivity index (χ3n) is 6.13. The number of carbonyl (C=O) groups excluding carboxylic acids is 1. The van der Waals surface area contributed by atoms with Crippen LogP contribution in [0.4, 0.5) is 0 Å². The van der Waals surface area contributed by atoms with Gasteiger partial charge in [-0.25, -0.2) is 0 Å². The Labute approximate surface area is 179 Å². The smallest absolute Gasteiger partial charge is 0.251 e. The van der Waals surface area contributed by atoms with Crippen molar-refractivity contribution in [3.8, 4) is 11.1 Å². The van der Waals surface area contributed by atoms with E-state index >= 15 is 0 Å². The van der Waals surface area contributed by atoms with E-state index < -0.39 is 0 Å². The molecule has 0 atom stereocenters. The van der Waals surface area contributed by atoms with E-state index in [9.17, 15) is 4.79 Å². The van der Waals surface area contributed by atoms with Gasteiger partial charge in [-0.3, -0.25) is 4.79 Å². The van der Waals surface area contributed by atoms with Gasteiger partial charge in [0.2, 0.25) is 0 Å². The number of rotatable bonds is 8. The summed E-state index contributed by atoms with van der Waals surface area (Å²) in [5, 5.41) is 3.06. The van der Waals surface area contributed by atoms with Gasteiger partial charge in [0.25, 0.3) is 5.91 Å². The van der Waals surface area contributed by atoms with Crippen LogP contribution >= 0.6 is 0 Å². The van der Waals surface area contributed by atoms with Gasteiger partial charge < -0.3 is 10.2 Å². The van der Waals surface area contributed by atoms with Gasteiger partial charge >= 0.3 is 0 Å². The SMILES string of the molecule is CN(CCCCNC(=O)c1ccc(-c2ccccc2)cc1)C1Cc2ccccc2C1. The normalized spacial score (nSPS) is 13.4. The van der Waals surface area contributed by atoms with Gasteiger partial charge in [0.1, 0.15) is 0 Å². The van der Waals surface area contributed by atoms with Crippen LogP contribution in [0.25, 0.3) is 11.1 Å². The van der Waals surface area contributed by atoms with E-state index in [1.165, 1.54) is 16.7 Å². The van der Waals surface area contributed by atoms with Crippen LogP contribution in [0.2, 0.25) is 0 Å². The predicted molar refractivity (Wildman–Crippen MR) is 124 cm³/mol. The molecule has 0 aliphatic heterocycles.